The first kappa shape index (κ1) is 14.9. The topological polar surface area (TPSA) is 18.5 Å². The first-order valence-corrected chi connectivity index (χ1v) is 7.34. The summed E-state index contributed by atoms with van der Waals surface area (Å²) in [6.45, 7) is 6.75. The lowest BCUT2D eigenvalue weighted by Crippen LogP contribution is -2.02. The molecule has 3 heteroatoms. The first-order chi connectivity index (χ1) is 9.52. The van der Waals surface area contributed by atoms with Crippen molar-refractivity contribution in [2.45, 2.75) is 27.4 Å². The summed E-state index contributed by atoms with van der Waals surface area (Å²) in [5.41, 5.74) is 4.62. The Hall–Kier alpha value is -1.48. The third-order valence-corrected chi connectivity index (χ3v) is 3.98. The Morgan fingerprint density at radius 1 is 1.00 bits per heavy atom. The Morgan fingerprint density at radius 2 is 1.70 bits per heavy atom. The molecule has 0 fully saturated rings. The van der Waals surface area contributed by atoms with Crippen LogP contribution in [0.4, 0.5) is 0 Å². The largest absolute Gasteiger partial charge is 0.496 e. The van der Waals surface area contributed by atoms with Gasteiger partial charge in [-0.3, -0.25) is 0 Å². The molecule has 0 aromatic heterocycles. The van der Waals surface area contributed by atoms with E-state index in [-0.39, 0.29) is 0 Å². The lowest BCUT2D eigenvalue weighted by molar-refractivity contribution is 0.292. The molecular formula is C17H19BrO2. The molecule has 0 spiro atoms. The van der Waals surface area contributed by atoms with Gasteiger partial charge in [0.2, 0.25) is 0 Å². The van der Waals surface area contributed by atoms with Gasteiger partial charge in [0.05, 0.1) is 7.11 Å². The van der Waals surface area contributed by atoms with Crippen molar-refractivity contribution in [3.63, 3.8) is 0 Å². The SMILES string of the molecule is COc1ccc(Br)cc1COc1c(C)ccc(C)c1C. The molecule has 0 atom stereocenters. The van der Waals surface area contributed by atoms with Gasteiger partial charge in [-0.15, -0.1) is 0 Å². The Balaban J connectivity index is 2.25. The number of hydrogen-bond acceptors (Lipinski definition) is 2. The average Bonchev–Trinajstić information content (AvgIpc) is 2.43. The molecule has 0 amide bonds. The van der Waals surface area contributed by atoms with Crippen LogP contribution in [0, 0.1) is 20.8 Å². The maximum Gasteiger partial charge on any atom is 0.125 e. The minimum Gasteiger partial charge on any atom is -0.496 e. The summed E-state index contributed by atoms with van der Waals surface area (Å²) in [5, 5.41) is 0. The number of hydrogen-bond donors (Lipinski definition) is 0. The van der Waals surface area contributed by atoms with E-state index in [0.29, 0.717) is 6.61 Å². The molecule has 20 heavy (non-hydrogen) atoms. The molecular weight excluding hydrogens is 316 g/mol. The molecule has 0 unspecified atom stereocenters. The molecule has 106 valence electrons. The lowest BCUT2D eigenvalue weighted by Gasteiger charge is -2.15. The van der Waals surface area contributed by atoms with Crippen LogP contribution in [0.1, 0.15) is 22.3 Å². The van der Waals surface area contributed by atoms with Gasteiger partial charge in [-0.05, 0) is 55.7 Å². The smallest absolute Gasteiger partial charge is 0.125 e. The molecule has 2 nitrogen and oxygen atoms in total. The monoisotopic (exact) mass is 334 g/mol. The summed E-state index contributed by atoms with van der Waals surface area (Å²) in [4.78, 5) is 0. The van der Waals surface area contributed by atoms with Crippen LogP contribution >= 0.6 is 15.9 Å². The van der Waals surface area contributed by atoms with Crippen LogP contribution in [0.2, 0.25) is 0 Å². The number of methoxy groups -OCH3 is 1. The number of ether oxygens (including phenoxy) is 2. The van der Waals surface area contributed by atoms with E-state index in [1.165, 1.54) is 11.1 Å². The standard InChI is InChI=1S/C17H19BrO2/c1-11-5-6-12(2)17(13(11)3)20-10-14-9-15(18)7-8-16(14)19-4/h5-9H,10H2,1-4H3. The van der Waals surface area contributed by atoms with E-state index >= 15 is 0 Å². The van der Waals surface area contributed by atoms with E-state index in [1.807, 2.05) is 18.2 Å². The van der Waals surface area contributed by atoms with E-state index in [1.54, 1.807) is 7.11 Å². The number of rotatable bonds is 4. The Bertz CT molecular complexity index is 621. The second-order valence-corrected chi connectivity index (χ2v) is 5.81. The molecule has 0 radical (unpaired) electrons. The summed E-state index contributed by atoms with van der Waals surface area (Å²) >= 11 is 3.48. The van der Waals surface area contributed by atoms with Crippen LogP contribution < -0.4 is 9.47 Å². The molecule has 0 saturated heterocycles. The Labute approximate surface area is 128 Å². The second kappa shape index (κ2) is 6.31. The second-order valence-electron chi connectivity index (χ2n) is 4.90. The van der Waals surface area contributed by atoms with Gasteiger partial charge in [-0.2, -0.15) is 0 Å². The fourth-order valence-electron chi connectivity index (χ4n) is 2.16. The third-order valence-electron chi connectivity index (χ3n) is 3.49. The maximum atomic E-state index is 6.03. The van der Waals surface area contributed by atoms with E-state index in [0.717, 1.165) is 27.1 Å². The van der Waals surface area contributed by atoms with E-state index < -0.39 is 0 Å². The molecule has 0 bridgehead atoms. The fourth-order valence-corrected chi connectivity index (χ4v) is 2.57. The zero-order valence-corrected chi connectivity index (χ0v) is 13.9. The molecule has 0 aliphatic heterocycles. The van der Waals surface area contributed by atoms with Gasteiger partial charge in [-0.25, -0.2) is 0 Å². The highest BCUT2D eigenvalue weighted by atomic mass is 79.9. The van der Waals surface area contributed by atoms with Crippen LogP contribution in [0.5, 0.6) is 11.5 Å². The van der Waals surface area contributed by atoms with Crippen LogP contribution in [0.25, 0.3) is 0 Å². The van der Waals surface area contributed by atoms with Crippen molar-refractivity contribution in [2.24, 2.45) is 0 Å². The number of halogens is 1. The minimum absolute atomic E-state index is 0.494. The fraction of sp³-hybridized carbons (Fsp3) is 0.294. The van der Waals surface area contributed by atoms with Gasteiger partial charge >= 0.3 is 0 Å². The highest BCUT2D eigenvalue weighted by molar-refractivity contribution is 9.10. The summed E-state index contributed by atoms with van der Waals surface area (Å²) in [6.07, 6.45) is 0. The predicted octanol–water partition coefficient (Wildman–Crippen LogP) is 4.96. The van der Waals surface area contributed by atoms with Gasteiger partial charge in [0.25, 0.3) is 0 Å². The summed E-state index contributed by atoms with van der Waals surface area (Å²) < 4.78 is 12.4. The van der Waals surface area contributed by atoms with Crippen LogP contribution in [0.15, 0.2) is 34.8 Å². The van der Waals surface area contributed by atoms with E-state index in [2.05, 4.69) is 48.8 Å². The lowest BCUT2D eigenvalue weighted by atomic mass is 10.1. The minimum atomic E-state index is 0.494. The summed E-state index contributed by atoms with van der Waals surface area (Å²) in [7, 11) is 1.68. The summed E-state index contributed by atoms with van der Waals surface area (Å²) in [5.74, 6) is 1.81. The van der Waals surface area contributed by atoms with Crippen molar-refractivity contribution >= 4 is 15.9 Å². The highest BCUT2D eigenvalue weighted by Crippen LogP contribution is 2.29. The molecule has 0 aliphatic carbocycles. The van der Waals surface area contributed by atoms with Crippen molar-refractivity contribution in [2.75, 3.05) is 7.11 Å². The zero-order valence-electron chi connectivity index (χ0n) is 12.3. The quantitative estimate of drug-likeness (QED) is 0.786. The van der Waals surface area contributed by atoms with Crippen molar-refractivity contribution in [3.8, 4) is 11.5 Å². The van der Waals surface area contributed by atoms with E-state index in [9.17, 15) is 0 Å². The number of benzene rings is 2. The van der Waals surface area contributed by atoms with Crippen LogP contribution in [-0.2, 0) is 6.61 Å². The van der Waals surface area contributed by atoms with Gasteiger partial charge < -0.3 is 9.47 Å². The van der Waals surface area contributed by atoms with Gasteiger partial charge in [-0.1, -0.05) is 28.1 Å². The maximum absolute atomic E-state index is 6.03. The molecule has 0 aliphatic rings. The van der Waals surface area contributed by atoms with E-state index in [4.69, 9.17) is 9.47 Å². The molecule has 0 N–H and O–H groups in total. The first-order valence-electron chi connectivity index (χ1n) is 6.55. The van der Waals surface area contributed by atoms with Gasteiger partial charge in [0.1, 0.15) is 18.1 Å². The van der Waals surface area contributed by atoms with Crippen molar-refractivity contribution in [1.29, 1.82) is 0 Å². The predicted molar refractivity (Wildman–Crippen MR) is 85.7 cm³/mol. The summed E-state index contributed by atoms with van der Waals surface area (Å²) in [6, 6.07) is 10.1. The molecule has 2 rings (SSSR count). The highest BCUT2D eigenvalue weighted by Gasteiger charge is 2.09. The number of aryl methyl sites for hydroxylation is 2. The average molecular weight is 335 g/mol. The van der Waals surface area contributed by atoms with Crippen LogP contribution in [-0.4, -0.2) is 7.11 Å². The Kier molecular flexibility index (Phi) is 4.71. The Morgan fingerprint density at radius 3 is 2.40 bits per heavy atom. The van der Waals surface area contributed by atoms with Crippen molar-refractivity contribution in [1.82, 2.24) is 0 Å². The van der Waals surface area contributed by atoms with Crippen LogP contribution in [0.3, 0.4) is 0 Å². The molecule has 2 aromatic rings. The molecule has 0 heterocycles. The van der Waals surface area contributed by atoms with Crippen molar-refractivity contribution in [3.05, 3.63) is 57.1 Å². The third kappa shape index (κ3) is 3.15. The molecule has 0 saturated carbocycles. The van der Waals surface area contributed by atoms with Crippen molar-refractivity contribution < 1.29 is 9.47 Å². The normalized spacial score (nSPS) is 10.4. The zero-order chi connectivity index (χ0) is 14.7. The van der Waals surface area contributed by atoms with Gasteiger partial charge in [0.15, 0.2) is 0 Å². The molecule has 2 aromatic carbocycles. The van der Waals surface area contributed by atoms with Gasteiger partial charge in [0, 0.05) is 10.0 Å².